The summed E-state index contributed by atoms with van der Waals surface area (Å²) in [5.74, 6) is -0.951. The van der Waals surface area contributed by atoms with E-state index in [-0.39, 0.29) is 0 Å². The van der Waals surface area contributed by atoms with E-state index in [9.17, 15) is 4.79 Å². The maximum absolute atomic E-state index is 10.4. The summed E-state index contributed by atoms with van der Waals surface area (Å²) in [7, 11) is 1.67. The lowest BCUT2D eigenvalue weighted by molar-refractivity contribution is -0.131. The van der Waals surface area contributed by atoms with Gasteiger partial charge < -0.3 is 19.3 Å². The van der Waals surface area contributed by atoms with E-state index in [0.717, 1.165) is 23.6 Å². The zero-order valence-corrected chi connectivity index (χ0v) is 12.3. The second kappa shape index (κ2) is 11.0. The second-order valence-corrected chi connectivity index (χ2v) is 4.42. The second-order valence-electron chi connectivity index (χ2n) is 4.42. The van der Waals surface area contributed by atoms with Gasteiger partial charge in [0.25, 0.3) is 0 Å². The van der Waals surface area contributed by atoms with Gasteiger partial charge in [0.2, 0.25) is 0 Å². The number of benzene rings is 1. The molecule has 5 nitrogen and oxygen atoms in total. The molecule has 0 aromatic heterocycles. The topological polar surface area (TPSA) is 65.0 Å². The van der Waals surface area contributed by atoms with Crippen molar-refractivity contribution < 1.29 is 24.1 Å². The number of carbonyl (C=O) groups is 1. The third kappa shape index (κ3) is 8.96. The highest BCUT2D eigenvalue weighted by atomic mass is 16.5. The Hall–Kier alpha value is -1.69. The van der Waals surface area contributed by atoms with E-state index in [2.05, 4.69) is 0 Å². The van der Waals surface area contributed by atoms with Crippen LogP contribution in [-0.4, -0.2) is 44.6 Å². The zero-order valence-electron chi connectivity index (χ0n) is 12.3. The quantitative estimate of drug-likeness (QED) is 0.501. The smallest absolute Gasteiger partial charge is 0.328 e. The highest BCUT2D eigenvalue weighted by Gasteiger charge is 1.95. The van der Waals surface area contributed by atoms with E-state index in [1.165, 1.54) is 0 Å². The molecule has 21 heavy (non-hydrogen) atoms. The lowest BCUT2D eigenvalue weighted by atomic mass is 10.1. The maximum atomic E-state index is 10.4. The van der Waals surface area contributed by atoms with Crippen molar-refractivity contribution in [1.82, 2.24) is 0 Å². The number of carboxylic acids is 1. The number of aliphatic carboxylic acids is 1. The standard InChI is InChI=1S/C16H22O5/c1-19-9-2-10-20-11-12-21-13-15-5-3-14(4-6-15)7-8-16(17)18/h3-8H,2,9-13H2,1H3,(H,17,18)/b8-7+. The maximum Gasteiger partial charge on any atom is 0.328 e. The number of hydrogen-bond donors (Lipinski definition) is 1. The molecule has 0 bridgehead atoms. The first-order chi connectivity index (χ1) is 10.2. The van der Waals surface area contributed by atoms with Crippen LogP contribution in [0.15, 0.2) is 30.3 Å². The molecule has 0 saturated heterocycles. The van der Waals surface area contributed by atoms with E-state index < -0.39 is 5.97 Å². The van der Waals surface area contributed by atoms with E-state index >= 15 is 0 Å². The SMILES string of the molecule is COCCCOCCOCc1ccc(/C=C/C(=O)O)cc1. The summed E-state index contributed by atoms with van der Waals surface area (Å²) in [5, 5.41) is 8.54. The van der Waals surface area contributed by atoms with Crippen LogP contribution in [0.3, 0.4) is 0 Å². The van der Waals surface area contributed by atoms with Gasteiger partial charge in [0.05, 0.1) is 19.8 Å². The van der Waals surface area contributed by atoms with Crippen LogP contribution in [0, 0.1) is 0 Å². The number of carboxylic acid groups (broad SMARTS) is 1. The van der Waals surface area contributed by atoms with Crippen molar-refractivity contribution in [2.45, 2.75) is 13.0 Å². The van der Waals surface area contributed by atoms with Crippen molar-refractivity contribution in [3.8, 4) is 0 Å². The molecule has 0 aliphatic carbocycles. The van der Waals surface area contributed by atoms with Gasteiger partial charge >= 0.3 is 5.97 Å². The van der Waals surface area contributed by atoms with Gasteiger partial charge in [-0.15, -0.1) is 0 Å². The molecule has 0 spiro atoms. The highest BCUT2D eigenvalue weighted by Crippen LogP contribution is 2.07. The first-order valence-corrected chi connectivity index (χ1v) is 6.86. The van der Waals surface area contributed by atoms with Crippen LogP contribution in [0.25, 0.3) is 6.08 Å². The molecular formula is C16H22O5. The predicted molar refractivity (Wildman–Crippen MR) is 80.1 cm³/mol. The Balaban J connectivity index is 2.14. The molecule has 0 amide bonds. The molecule has 0 saturated carbocycles. The van der Waals surface area contributed by atoms with Gasteiger partial charge in [-0.25, -0.2) is 4.79 Å². The van der Waals surface area contributed by atoms with Crippen LogP contribution in [0.1, 0.15) is 17.5 Å². The van der Waals surface area contributed by atoms with Crippen molar-refractivity contribution in [2.75, 3.05) is 33.5 Å². The third-order valence-corrected chi connectivity index (χ3v) is 2.68. The zero-order chi connectivity index (χ0) is 15.3. The Labute approximate surface area is 125 Å². The molecule has 1 rings (SSSR count). The fourth-order valence-corrected chi connectivity index (χ4v) is 1.61. The minimum atomic E-state index is -0.951. The van der Waals surface area contributed by atoms with Crippen LogP contribution in [0.2, 0.25) is 0 Å². The minimum Gasteiger partial charge on any atom is -0.478 e. The molecule has 116 valence electrons. The van der Waals surface area contributed by atoms with Gasteiger partial charge in [-0.3, -0.25) is 0 Å². The Morgan fingerprint density at radius 2 is 1.81 bits per heavy atom. The third-order valence-electron chi connectivity index (χ3n) is 2.68. The molecule has 0 atom stereocenters. The average Bonchev–Trinajstić information content (AvgIpc) is 2.49. The lowest BCUT2D eigenvalue weighted by Crippen LogP contribution is -2.06. The van der Waals surface area contributed by atoms with Gasteiger partial charge in [0.1, 0.15) is 0 Å². The number of methoxy groups -OCH3 is 1. The molecule has 0 aliphatic rings. The van der Waals surface area contributed by atoms with Gasteiger partial charge in [0, 0.05) is 26.4 Å². The summed E-state index contributed by atoms with van der Waals surface area (Å²) >= 11 is 0. The van der Waals surface area contributed by atoms with E-state index in [1.807, 2.05) is 24.3 Å². The van der Waals surface area contributed by atoms with Gasteiger partial charge in [-0.1, -0.05) is 24.3 Å². The summed E-state index contributed by atoms with van der Waals surface area (Å²) < 4.78 is 15.8. The van der Waals surface area contributed by atoms with Crippen molar-refractivity contribution in [3.05, 3.63) is 41.5 Å². The molecule has 0 unspecified atom stereocenters. The van der Waals surface area contributed by atoms with Crippen LogP contribution in [-0.2, 0) is 25.6 Å². The molecular weight excluding hydrogens is 272 g/mol. The first kappa shape index (κ1) is 17.4. The molecule has 0 fully saturated rings. The first-order valence-electron chi connectivity index (χ1n) is 6.86. The Morgan fingerprint density at radius 1 is 1.10 bits per heavy atom. The normalized spacial score (nSPS) is 11.1. The molecule has 0 radical (unpaired) electrons. The highest BCUT2D eigenvalue weighted by molar-refractivity contribution is 5.85. The van der Waals surface area contributed by atoms with Crippen molar-refractivity contribution in [1.29, 1.82) is 0 Å². The van der Waals surface area contributed by atoms with Crippen molar-refractivity contribution in [2.24, 2.45) is 0 Å². The summed E-state index contributed by atoms with van der Waals surface area (Å²) in [4.78, 5) is 10.4. The number of hydrogen-bond acceptors (Lipinski definition) is 4. The van der Waals surface area contributed by atoms with Crippen molar-refractivity contribution >= 4 is 12.0 Å². The monoisotopic (exact) mass is 294 g/mol. The predicted octanol–water partition coefficient (Wildman–Crippen LogP) is 2.35. The Kier molecular flexibility index (Phi) is 9.11. The van der Waals surface area contributed by atoms with E-state index in [4.69, 9.17) is 19.3 Å². The van der Waals surface area contributed by atoms with Crippen LogP contribution in [0.5, 0.6) is 0 Å². The minimum absolute atomic E-state index is 0.518. The summed E-state index contributed by atoms with van der Waals surface area (Å²) in [6.07, 6.45) is 3.56. The Bertz CT molecular complexity index is 425. The molecule has 1 aromatic carbocycles. The number of rotatable bonds is 11. The summed E-state index contributed by atoms with van der Waals surface area (Å²) in [6.45, 7) is 3.03. The molecule has 1 N–H and O–H groups in total. The van der Waals surface area contributed by atoms with Crippen LogP contribution in [0.4, 0.5) is 0 Å². The average molecular weight is 294 g/mol. The fraction of sp³-hybridized carbons (Fsp3) is 0.438. The van der Waals surface area contributed by atoms with Gasteiger partial charge in [-0.2, -0.15) is 0 Å². The summed E-state index contributed by atoms with van der Waals surface area (Å²) in [5.41, 5.74) is 1.89. The molecule has 0 aliphatic heterocycles. The van der Waals surface area contributed by atoms with Gasteiger partial charge in [0.15, 0.2) is 0 Å². The van der Waals surface area contributed by atoms with Crippen LogP contribution < -0.4 is 0 Å². The summed E-state index contributed by atoms with van der Waals surface area (Å²) in [6, 6.07) is 7.56. The van der Waals surface area contributed by atoms with Crippen molar-refractivity contribution in [3.63, 3.8) is 0 Å². The molecule has 1 aromatic rings. The lowest BCUT2D eigenvalue weighted by Gasteiger charge is -2.06. The molecule has 0 heterocycles. The fourth-order valence-electron chi connectivity index (χ4n) is 1.61. The largest absolute Gasteiger partial charge is 0.478 e. The Morgan fingerprint density at radius 3 is 2.48 bits per heavy atom. The molecule has 5 heteroatoms. The van der Waals surface area contributed by atoms with E-state index in [0.29, 0.717) is 33.0 Å². The number of ether oxygens (including phenoxy) is 3. The van der Waals surface area contributed by atoms with Crippen LogP contribution >= 0.6 is 0 Å². The van der Waals surface area contributed by atoms with Gasteiger partial charge in [-0.05, 0) is 23.6 Å². The van der Waals surface area contributed by atoms with E-state index in [1.54, 1.807) is 13.2 Å².